The second kappa shape index (κ2) is 7.23. The molecule has 138 valence electrons. The van der Waals surface area contributed by atoms with Gasteiger partial charge in [-0.25, -0.2) is 9.07 Å². The SMILES string of the molecule is COc1cccc(-c2nn(-c3ccc(F)cc3)cc2C(=O)NCC2CC2)c1. The van der Waals surface area contributed by atoms with Crippen molar-refractivity contribution in [2.45, 2.75) is 12.8 Å². The summed E-state index contributed by atoms with van der Waals surface area (Å²) >= 11 is 0. The van der Waals surface area contributed by atoms with Crippen molar-refractivity contribution in [3.8, 4) is 22.7 Å². The Hall–Kier alpha value is -3.15. The number of hydrogen-bond donors (Lipinski definition) is 1. The molecule has 0 atom stereocenters. The number of nitrogens with one attached hydrogen (secondary N) is 1. The molecule has 0 aliphatic heterocycles. The summed E-state index contributed by atoms with van der Waals surface area (Å²) in [5.74, 6) is 0.795. The smallest absolute Gasteiger partial charge is 0.255 e. The topological polar surface area (TPSA) is 56.2 Å². The van der Waals surface area contributed by atoms with Crippen LogP contribution < -0.4 is 10.1 Å². The van der Waals surface area contributed by atoms with Crippen molar-refractivity contribution in [2.75, 3.05) is 13.7 Å². The summed E-state index contributed by atoms with van der Waals surface area (Å²) < 4.78 is 20.1. The number of rotatable bonds is 6. The van der Waals surface area contributed by atoms with Crippen LogP contribution in [-0.2, 0) is 0 Å². The molecule has 1 saturated carbocycles. The standard InChI is InChI=1S/C21H20FN3O2/c1-27-18-4-2-3-15(11-18)20-19(21(26)23-12-14-5-6-14)13-25(24-20)17-9-7-16(22)8-10-17/h2-4,7-11,13-14H,5-6,12H2,1H3,(H,23,26). The molecule has 1 heterocycles. The van der Waals surface area contributed by atoms with E-state index in [0.717, 1.165) is 18.4 Å². The quantitative estimate of drug-likeness (QED) is 0.722. The molecule has 3 aromatic rings. The van der Waals surface area contributed by atoms with E-state index in [0.29, 0.717) is 35.2 Å². The lowest BCUT2D eigenvalue weighted by molar-refractivity contribution is 0.0952. The van der Waals surface area contributed by atoms with Gasteiger partial charge in [0, 0.05) is 18.3 Å². The number of nitrogens with zero attached hydrogens (tertiary/aromatic N) is 2. The van der Waals surface area contributed by atoms with Crippen molar-refractivity contribution in [1.29, 1.82) is 0 Å². The minimum atomic E-state index is -0.318. The molecule has 5 nitrogen and oxygen atoms in total. The molecule has 0 unspecified atom stereocenters. The van der Waals surface area contributed by atoms with Crippen LogP contribution in [0.2, 0.25) is 0 Å². The lowest BCUT2D eigenvalue weighted by Crippen LogP contribution is -2.25. The van der Waals surface area contributed by atoms with Gasteiger partial charge in [0.2, 0.25) is 0 Å². The van der Waals surface area contributed by atoms with Crippen LogP contribution in [0, 0.1) is 11.7 Å². The van der Waals surface area contributed by atoms with Gasteiger partial charge in [-0.2, -0.15) is 5.10 Å². The highest BCUT2D eigenvalue weighted by molar-refractivity contribution is 6.00. The Morgan fingerprint density at radius 3 is 2.74 bits per heavy atom. The third-order valence-electron chi connectivity index (χ3n) is 4.64. The molecule has 1 aliphatic rings. The van der Waals surface area contributed by atoms with Gasteiger partial charge in [-0.05, 0) is 55.2 Å². The number of methoxy groups -OCH3 is 1. The van der Waals surface area contributed by atoms with Crippen LogP contribution in [0.4, 0.5) is 4.39 Å². The number of benzene rings is 2. The van der Waals surface area contributed by atoms with Gasteiger partial charge in [-0.1, -0.05) is 12.1 Å². The maximum absolute atomic E-state index is 13.2. The Morgan fingerprint density at radius 2 is 2.04 bits per heavy atom. The lowest BCUT2D eigenvalue weighted by atomic mass is 10.1. The number of carbonyl (C=O) groups is 1. The van der Waals surface area contributed by atoms with Gasteiger partial charge in [-0.15, -0.1) is 0 Å². The summed E-state index contributed by atoms with van der Waals surface area (Å²) in [6.45, 7) is 0.679. The molecule has 4 rings (SSSR count). The van der Waals surface area contributed by atoms with Crippen LogP contribution in [0.5, 0.6) is 5.75 Å². The van der Waals surface area contributed by atoms with Crippen molar-refractivity contribution in [3.63, 3.8) is 0 Å². The minimum absolute atomic E-state index is 0.159. The summed E-state index contributed by atoms with van der Waals surface area (Å²) in [5, 5.41) is 7.59. The highest BCUT2D eigenvalue weighted by Crippen LogP contribution is 2.29. The highest BCUT2D eigenvalue weighted by atomic mass is 19.1. The first-order chi connectivity index (χ1) is 13.1. The first-order valence-electron chi connectivity index (χ1n) is 8.92. The van der Waals surface area contributed by atoms with Crippen LogP contribution in [-0.4, -0.2) is 29.3 Å². The third-order valence-corrected chi connectivity index (χ3v) is 4.64. The molecule has 1 fully saturated rings. The predicted molar refractivity (Wildman–Crippen MR) is 101 cm³/mol. The highest BCUT2D eigenvalue weighted by Gasteiger charge is 2.24. The molecule has 2 aromatic carbocycles. The Morgan fingerprint density at radius 1 is 1.26 bits per heavy atom. The normalized spacial score (nSPS) is 13.4. The second-order valence-corrected chi connectivity index (χ2v) is 6.70. The van der Waals surface area contributed by atoms with Crippen molar-refractivity contribution in [3.05, 3.63) is 66.1 Å². The molecule has 0 bridgehead atoms. The summed E-state index contributed by atoms with van der Waals surface area (Å²) in [6, 6.07) is 13.4. The zero-order valence-electron chi connectivity index (χ0n) is 15.0. The van der Waals surface area contributed by atoms with Gasteiger partial charge >= 0.3 is 0 Å². The first-order valence-corrected chi connectivity index (χ1v) is 8.92. The molecule has 27 heavy (non-hydrogen) atoms. The van der Waals surface area contributed by atoms with E-state index < -0.39 is 0 Å². The van der Waals surface area contributed by atoms with Gasteiger partial charge in [0.1, 0.15) is 17.3 Å². The van der Waals surface area contributed by atoms with E-state index in [1.54, 1.807) is 30.1 Å². The zero-order chi connectivity index (χ0) is 18.8. The van der Waals surface area contributed by atoms with Crippen LogP contribution in [0.1, 0.15) is 23.2 Å². The fourth-order valence-corrected chi connectivity index (χ4v) is 2.90. The van der Waals surface area contributed by atoms with Gasteiger partial charge < -0.3 is 10.1 Å². The average Bonchev–Trinajstić information content (AvgIpc) is 3.42. The second-order valence-electron chi connectivity index (χ2n) is 6.70. The number of aromatic nitrogens is 2. The maximum Gasteiger partial charge on any atom is 0.255 e. The fraction of sp³-hybridized carbons (Fsp3) is 0.238. The largest absolute Gasteiger partial charge is 0.497 e. The molecule has 1 amide bonds. The van der Waals surface area contributed by atoms with E-state index in [-0.39, 0.29) is 11.7 Å². The molecule has 0 radical (unpaired) electrons. The van der Waals surface area contributed by atoms with Gasteiger partial charge in [-0.3, -0.25) is 4.79 Å². The summed E-state index contributed by atoms with van der Waals surface area (Å²) in [7, 11) is 1.60. The molecule has 1 aliphatic carbocycles. The van der Waals surface area contributed by atoms with E-state index >= 15 is 0 Å². The van der Waals surface area contributed by atoms with E-state index in [9.17, 15) is 9.18 Å². The number of halogens is 1. The minimum Gasteiger partial charge on any atom is -0.497 e. The maximum atomic E-state index is 13.2. The van der Waals surface area contributed by atoms with Crippen LogP contribution in [0.15, 0.2) is 54.7 Å². The molecule has 0 saturated heterocycles. The first kappa shape index (κ1) is 17.3. The number of carbonyl (C=O) groups excluding carboxylic acids is 1. The van der Waals surface area contributed by atoms with Crippen LogP contribution >= 0.6 is 0 Å². The number of ether oxygens (including phenoxy) is 1. The van der Waals surface area contributed by atoms with Crippen molar-refractivity contribution < 1.29 is 13.9 Å². The van der Waals surface area contributed by atoms with E-state index in [1.807, 2.05) is 24.3 Å². The fourth-order valence-electron chi connectivity index (χ4n) is 2.90. The summed E-state index contributed by atoms with van der Waals surface area (Å²) in [4.78, 5) is 12.8. The predicted octanol–water partition coefficient (Wildman–Crippen LogP) is 3.83. The number of amides is 1. The van der Waals surface area contributed by atoms with E-state index in [4.69, 9.17) is 4.74 Å². The van der Waals surface area contributed by atoms with Crippen molar-refractivity contribution in [1.82, 2.24) is 15.1 Å². The molecule has 1 N–H and O–H groups in total. The van der Waals surface area contributed by atoms with E-state index in [1.165, 1.54) is 12.1 Å². The van der Waals surface area contributed by atoms with Crippen LogP contribution in [0.3, 0.4) is 0 Å². The molecule has 1 aromatic heterocycles. The molecular weight excluding hydrogens is 345 g/mol. The molecular formula is C21H20FN3O2. The number of hydrogen-bond acceptors (Lipinski definition) is 3. The monoisotopic (exact) mass is 365 g/mol. The zero-order valence-corrected chi connectivity index (χ0v) is 15.0. The summed E-state index contributed by atoms with van der Waals surface area (Å²) in [5.41, 5.74) is 2.51. The summed E-state index contributed by atoms with van der Waals surface area (Å²) in [6.07, 6.45) is 4.01. The Bertz CT molecular complexity index is 962. The average molecular weight is 365 g/mol. The Balaban J connectivity index is 1.73. The van der Waals surface area contributed by atoms with E-state index in [2.05, 4.69) is 10.4 Å². The Kier molecular flexibility index (Phi) is 4.62. The molecule has 0 spiro atoms. The van der Waals surface area contributed by atoms with Gasteiger partial charge in [0.15, 0.2) is 0 Å². The van der Waals surface area contributed by atoms with Gasteiger partial charge in [0.05, 0.1) is 18.4 Å². The van der Waals surface area contributed by atoms with Crippen LogP contribution in [0.25, 0.3) is 16.9 Å². The lowest BCUT2D eigenvalue weighted by Gasteiger charge is -2.06. The van der Waals surface area contributed by atoms with Gasteiger partial charge in [0.25, 0.3) is 5.91 Å². The van der Waals surface area contributed by atoms with Crippen molar-refractivity contribution >= 4 is 5.91 Å². The third kappa shape index (κ3) is 3.84. The van der Waals surface area contributed by atoms with Crippen molar-refractivity contribution in [2.24, 2.45) is 5.92 Å². The molecule has 6 heteroatoms. The Labute approximate surface area is 156 Å².